The number of benzene rings is 1. The fraction of sp³-hybridized carbons (Fsp3) is 0.600. The minimum absolute atomic E-state index is 0.496. The molecule has 0 saturated heterocycles. The molecule has 2 nitrogen and oxygen atoms in total. The largest absolute Gasteiger partial charge is 0.378 e. The van der Waals surface area contributed by atoms with Gasteiger partial charge in [0.15, 0.2) is 0 Å². The van der Waals surface area contributed by atoms with Crippen LogP contribution in [0.2, 0.25) is 0 Å². The molecule has 0 heterocycles. The lowest BCUT2D eigenvalue weighted by Crippen LogP contribution is -2.45. The molecule has 0 radical (unpaired) electrons. The summed E-state index contributed by atoms with van der Waals surface area (Å²) in [5, 5.41) is 3.61. The van der Waals surface area contributed by atoms with Gasteiger partial charge in [0.1, 0.15) is 0 Å². The third-order valence-electron chi connectivity index (χ3n) is 3.58. The first-order chi connectivity index (χ1) is 8.19. The Balaban J connectivity index is 1.77. The van der Waals surface area contributed by atoms with Crippen molar-refractivity contribution in [3.8, 4) is 0 Å². The molecule has 1 fully saturated rings. The molecule has 0 amide bonds. The van der Waals surface area contributed by atoms with E-state index in [1.165, 1.54) is 29.5 Å². The van der Waals surface area contributed by atoms with Gasteiger partial charge in [0, 0.05) is 19.2 Å². The first-order valence-corrected chi connectivity index (χ1v) is 6.60. The molecule has 0 unspecified atom stereocenters. The van der Waals surface area contributed by atoms with Gasteiger partial charge in [0.2, 0.25) is 0 Å². The molecule has 1 aliphatic carbocycles. The van der Waals surface area contributed by atoms with Crippen molar-refractivity contribution >= 4 is 0 Å². The zero-order valence-corrected chi connectivity index (χ0v) is 11.1. The summed E-state index contributed by atoms with van der Waals surface area (Å²) < 4.78 is 5.56. The highest BCUT2D eigenvalue weighted by atomic mass is 16.5. The van der Waals surface area contributed by atoms with Crippen molar-refractivity contribution < 1.29 is 4.74 Å². The van der Waals surface area contributed by atoms with Crippen molar-refractivity contribution in [1.29, 1.82) is 0 Å². The van der Waals surface area contributed by atoms with E-state index in [0.717, 1.165) is 13.2 Å². The zero-order chi connectivity index (χ0) is 12.3. The second kappa shape index (κ2) is 5.65. The topological polar surface area (TPSA) is 21.3 Å². The van der Waals surface area contributed by atoms with Crippen LogP contribution in [0.4, 0.5) is 0 Å². The lowest BCUT2D eigenvalue weighted by molar-refractivity contribution is -0.0102. The van der Waals surface area contributed by atoms with Crippen molar-refractivity contribution in [1.82, 2.24) is 5.32 Å². The van der Waals surface area contributed by atoms with E-state index in [2.05, 4.69) is 44.3 Å². The van der Waals surface area contributed by atoms with Gasteiger partial charge in [-0.3, -0.25) is 0 Å². The van der Waals surface area contributed by atoms with Crippen molar-refractivity contribution in [3.05, 3.63) is 34.9 Å². The van der Waals surface area contributed by atoms with Crippen LogP contribution in [-0.4, -0.2) is 18.8 Å². The summed E-state index contributed by atoms with van der Waals surface area (Å²) in [5.41, 5.74) is 4.14. The normalized spacial score (nSPS) is 23.5. The number of aryl methyl sites for hydroxylation is 2. The Morgan fingerprint density at radius 2 is 2.06 bits per heavy atom. The molecule has 1 saturated carbocycles. The minimum atomic E-state index is 0.496. The molecule has 1 aliphatic rings. The van der Waals surface area contributed by atoms with Crippen LogP contribution in [0.3, 0.4) is 0 Å². The molecule has 0 aliphatic heterocycles. The Morgan fingerprint density at radius 1 is 1.29 bits per heavy atom. The van der Waals surface area contributed by atoms with Gasteiger partial charge in [-0.2, -0.15) is 0 Å². The SMILES string of the molecule is CCOC1CC(NCc2cc(C)ccc2C)C1. The predicted molar refractivity (Wildman–Crippen MR) is 71.2 cm³/mol. The van der Waals surface area contributed by atoms with E-state index < -0.39 is 0 Å². The molecular formula is C15H23NO. The van der Waals surface area contributed by atoms with Crippen LogP contribution in [-0.2, 0) is 11.3 Å². The highest BCUT2D eigenvalue weighted by Gasteiger charge is 2.28. The maximum atomic E-state index is 5.56. The van der Waals surface area contributed by atoms with E-state index in [1.807, 2.05) is 0 Å². The number of ether oxygens (including phenoxy) is 1. The van der Waals surface area contributed by atoms with E-state index >= 15 is 0 Å². The number of hydrogen-bond acceptors (Lipinski definition) is 2. The molecule has 2 heteroatoms. The molecule has 1 aromatic carbocycles. The lowest BCUT2D eigenvalue weighted by Gasteiger charge is -2.35. The summed E-state index contributed by atoms with van der Waals surface area (Å²) in [6, 6.07) is 7.30. The highest BCUT2D eigenvalue weighted by Crippen LogP contribution is 2.23. The fourth-order valence-electron chi connectivity index (χ4n) is 2.35. The molecule has 0 atom stereocenters. The minimum Gasteiger partial charge on any atom is -0.378 e. The van der Waals surface area contributed by atoms with E-state index in [-0.39, 0.29) is 0 Å². The van der Waals surface area contributed by atoms with Crippen LogP contribution in [0.15, 0.2) is 18.2 Å². The molecule has 0 aromatic heterocycles. The Labute approximate surface area is 104 Å². The van der Waals surface area contributed by atoms with Crippen LogP contribution >= 0.6 is 0 Å². The number of nitrogens with one attached hydrogen (secondary N) is 1. The molecule has 1 aromatic rings. The third-order valence-corrected chi connectivity index (χ3v) is 3.58. The summed E-state index contributed by atoms with van der Waals surface area (Å²) in [7, 11) is 0. The molecule has 1 N–H and O–H groups in total. The lowest BCUT2D eigenvalue weighted by atomic mass is 9.89. The van der Waals surface area contributed by atoms with Gasteiger partial charge < -0.3 is 10.1 Å². The second-order valence-corrected chi connectivity index (χ2v) is 5.06. The van der Waals surface area contributed by atoms with Crippen molar-refractivity contribution in [3.63, 3.8) is 0 Å². The smallest absolute Gasteiger partial charge is 0.0604 e. The Hall–Kier alpha value is -0.860. The van der Waals surface area contributed by atoms with Gasteiger partial charge in [-0.25, -0.2) is 0 Å². The van der Waals surface area contributed by atoms with Gasteiger partial charge in [-0.05, 0) is 44.7 Å². The summed E-state index contributed by atoms with van der Waals surface area (Å²) in [5.74, 6) is 0. The van der Waals surface area contributed by atoms with Gasteiger partial charge in [0.05, 0.1) is 6.10 Å². The fourth-order valence-corrected chi connectivity index (χ4v) is 2.35. The van der Waals surface area contributed by atoms with E-state index in [0.29, 0.717) is 12.1 Å². The maximum absolute atomic E-state index is 5.56. The number of rotatable bonds is 5. The first kappa shape index (κ1) is 12.6. The van der Waals surface area contributed by atoms with Crippen LogP contribution in [0.1, 0.15) is 36.5 Å². The van der Waals surface area contributed by atoms with Crippen LogP contribution in [0, 0.1) is 13.8 Å². The monoisotopic (exact) mass is 233 g/mol. The van der Waals surface area contributed by atoms with Crippen molar-refractivity contribution in [2.75, 3.05) is 6.61 Å². The molecular weight excluding hydrogens is 210 g/mol. The van der Waals surface area contributed by atoms with Crippen LogP contribution < -0.4 is 5.32 Å². The van der Waals surface area contributed by atoms with Gasteiger partial charge >= 0.3 is 0 Å². The summed E-state index contributed by atoms with van der Waals surface area (Å²) in [6.45, 7) is 8.22. The quantitative estimate of drug-likeness (QED) is 0.844. The summed E-state index contributed by atoms with van der Waals surface area (Å²) in [4.78, 5) is 0. The van der Waals surface area contributed by atoms with Gasteiger partial charge in [0.25, 0.3) is 0 Å². The predicted octanol–water partition coefficient (Wildman–Crippen LogP) is 2.96. The van der Waals surface area contributed by atoms with Crippen molar-refractivity contribution in [2.45, 2.75) is 52.3 Å². The average Bonchev–Trinajstić information content (AvgIpc) is 2.26. The Morgan fingerprint density at radius 3 is 2.76 bits per heavy atom. The second-order valence-electron chi connectivity index (χ2n) is 5.06. The Bertz CT molecular complexity index is 369. The first-order valence-electron chi connectivity index (χ1n) is 6.60. The zero-order valence-electron chi connectivity index (χ0n) is 11.1. The van der Waals surface area contributed by atoms with Gasteiger partial charge in [-0.15, -0.1) is 0 Å². The molecule has 2 rings (SSSR count). The maximum Gasteiger partial charge on any atom is 0.0604 e. The molecule has 94 valence electrons. The molecule has 0 bridgehead atoms. The Kier molecular flexibility index (Phi) is 4.19. The number of hydrogen-bond donors (Lipinski definition) is 1. The van der Waals surface area contributed by atoms with E-state index in [4.69, 9.17) is 4.74 Å². The van der Waals surface area contributed by atoms with E-state index in [9.17, 15) is 0 Å². The van der Waals surface area contributed by atoms with E-state index in [1.54, 1.807) is 0 Å². The molecule has 17 heavy (non-hydrogen) atoms. The summed E-state index contributed by atoms with van der Waals surface area (Å²) in [6.07, 6.45) is 2.83. The van der Waals surface area contributed by atoms with Gasteiger partial charge in [-0.1, -0.05) is 23.8 Å². The van der Waals surface area contributed by atoms with Crippen molar-refractivity contribution in [2.24, 2.45) is 0 Å². The highest BCUT2D eigenvalue weighted by molar-refractivity contribution is 5.30. The third kappa shape index (κ3) is 3.30. The standard InChI is InChI=1S/C15H23NO/c1-4-17-15-8-14(9-15)16-10-13-7-11(2)5-6-12(13)3/h5-7,14-16H,4,8-10H2,1-3H3. The average molecular weight is 233 g/mol. The van der Waals surface area contributed by atoms with Crippen LogP contribution in [0.5, 0.6) is 0 Å². The van der Waals surface area contributed by atoms with Crippen LogP contribution in [0.25, 0.3) is 0 Å². The summed E-state index contributed by atoms with van der Waals surface area (Å²) >= 11 is 0. The molecule has 0 spiro atoms.